The van der Waals surface area contributed by atoms with E-state index in [1.807, 2.05) is 67.7 Å². The summed E-state index contributed by atoms with van der Waals surface area (Å²) >= 11 is 0. The Kier molecular flexibility index (Phi) is 3.74. The lowest BCUT2D eigenvalue weighted by atomic mass is 10.1. The van der Waals surface area contributed by atoms with Crippen molar-refractivity contribution in [2.24, 2.45) is 0 Å². The molecule has 0 unspecified atom stereocenters. The molecule has 2 aromatic heterocycles. The molecular formula is C20H16N4O. The molecule has 0 amide bonds. The van der Waals surface area contributed by atoms with Gasteiger partial charge in [-0.2, -0.15) is 0 Å². The van der Waals surface area contributed by atoms with Gasteiger partial charge in [0, 0.05) is 30.3 Å². The molecule has 0 fully saturated rings. The third kappa shape index (κ3) is 2.87. The van der Waals surface area contributed by atoms with Crippen LogP contribution in [0.5, 0.6) is 0 Å². The topological polar surface area (TPSA) is 51.0 Å². The van der Waals surface area contributed by atoms with Crippen molar-refractivity contribution in [1.29, 1.82) is 0 Å². The Balaban J connectivity index is 1.78. The number of rotatable bonds is 3. The summed E-state index contributed by atoms with van der Waals surface area (Å²) in [7, 11) is 1.82. The monoisotopic (exact) mass is 328 g/mol. The minimum Gasteiger partial charge on any atom is -0.266 e. The first-order valence-electron chi connectivity index (χ1n) is 7.97. The van der Waals surface area contributed by atoms with Crippen LogP contribution in [0.2, 0.25) is 0 Å². The SMILES string of the molecule is CN(c1ccc2ncccc2c1)n1nc(-c2ccccc2)ccc1=O. The van der Waals surface area contributed by atoms with Gasteiger partial charge in [-0.15, -0.1) is 9.89 Å². The Bertz CT molecular complexity index is 1090. The van der Waals surface area contributed by atoms with Crippen LogP contribution in [0.15, 0.2) is 83.8 Å². The molecule has 4 aromatic rings. The average molecular weight is 328 g/mol. The van der Waals surface area contributed by atoms with E-state index >= 15 is 0 Å². The molecule has 0 spiro atoms. The maximum absolute atomic E-state index is 12.3. The highest BCUT2D eigenvalue weighted by Gasteiger charge is 2.09. The Morgan fingerprint density at radius 3 is 2.60 bits per heavy atom. The molecule has 0 aliphatic carbocycles. The van der Waals surface area contributed by atoms with Gasteiger partial charge in [-0.3, -0.25) is 14.8 Å². The van der Waals surface area contributed by atoms with E-state index in [1.165, 1.54) is 10.9 Å². The van der Waals surface area contributed by atoms with Gasteiger partial charge in [-0.05, 0) is 30.3 Å². The largest absolute Gasteiger partial charge is 0.286 e. The third-order valence-corrected chi connectivity index (χ3v) is 4.10. The number of benzene rings is 2. The van der Waals surface area contributed by atoms with Gasteiger partial charge in [0.2, 0.25) is 0 Å². The minimum absolute atomic E-state index is 0.187. The van der Waals surface area contributed by atoms with Gasteiger partial charge in [0.05, 0.1) is 16.9 Å². The smallest absolute Gasteiger partial charge is 0.266 e. The van der Waals surface area contributed by atoms with Gasteiger partial charge >= 0.3 is 0 Å². The van der Waals surface area contributed by atoms with Gasteiger partial charge in [0.1, 0.15) is 0 Å². The first-order chi connectivity index (χ1) is 12.2. The first-order valence-corrected chi connectivity index (χ1v) is 7.97. The van der Waals surface area contributed by atoms with Crippen LogP contribution in [0, 0.1) is 0 Å². The number of hydrogen-bond donors (Lipinski definition) is 0. The Hall–Kier alpha value is -3.47. The summed E-state index contributed by atoms with van der Waals surface area (Å²) < 4.78 is 0. The molecule has 2 aromatic carbocycles. The lowest BCUT2D eigenvalue weighted by Crippen LogP contribution is -2.37. The second kappa shape index (κ2) is 6.20. The van der Waals surface area contributed by atoms with Crippen molar-refractivity contribution in [2.45, 2.75) is 0 Å². The quantitative estimate of drug-likeness (QED) is 0.579. The fraction of sp³-hybridized carbons (Fsp3) is 0.0500. The standard InChI is InChI=1S/C20H16N4O/c1-23(17-9-10-18-16(14-17)8-5-13-21-18)24-20(25)12-11-19(22-24)15-6-3-2-4-7-15/h2-14H,1H3. The van der Waals surface area contributed by atoms with Crippen LogP contribution in [0.1, 0.15) is 0 Å². The van der Waals surface area contributed by atoms with E-state index in [-0.39, 0.29) is 5.56 Å². The van der Waals surface area contributed by atoms with E-state index in [0.717, 1.165) is 27.8 Å². The predicted molar refractivity (Wildman–Crippen MR) is 99.5 cm³/mol. The van der Waals surface area contributed by atoms with E-state index in [4.69, 9.17) is 0 Å². The number of anilines is 1. The molecule has 0 saturated heterocycles. The zero-order chi connectivity index (χ0) is 17.2. The molecule has 5 nitrogen and oxygen atoms in total. The molecule has 0 radical (unpaired) electrons. The van der Waals surface area contributed by atoms with Crippen molar-refractivity contribution in [1.82, 2.24) is 14.9 Å². The van der Waals surface area contributed by atoms with Crippen molar-refractivity contribution in [3.05, 3.63) is 89.3 Å². The van der Waals surface area contributed by atoms with Gasteiger partial charge < -0.3 is 0 Å². The summed E-state index contributed by atoms with van der Waals surface area (Å²) in [6, 6.07) is 22.8. The minimum atomic E-state index is -0.187. The number of pyridine rings is 1. The molecule has 4 rings (SSSR count). The molecule has 0 aliphatic heterocycles. The lowest BCUT2D eigenvalue weighted by molar-refractivity contribution is 0.630. The number of aromatic nitrogens is 3. The maximum atomic E-state index is 12.3. The highest BCUT2D eigenvalue weighted by molar-refractivity contribution is 5.82. The van der Waals surface area contributed by atoms with Crippen molar-refractivity contribution >= 4 is 16.6 Å². The van der Waals surface area contributed by atoms with Crippen LogP contribution in [0.25, 0.3) is 22.2 Å². The fourth-order valence-corrected chi connectivity index (χ4v) is 2.75. The molecule has 5 heteroatoms. The summed E-state index contributed by atoms with van der Waals surface area (Å²) in [6.45, 7) is 0. The third-order valence-electron chi connectivity index (χ3n) is 4.10. The number of fused-ring (bicyclic) bond motifs is 1. The number of hydrogen-bond acceptors (Lipinski definition) is 4. The normalized spacial score (nSPS) is 10.8. The van der Waals surface area contributed by atoms with Crippen LogP contribution >= 0.6 is 0 Å². The summed E-state index contributed by atoms with van der Waals surface area (Å²) in [5, 5.41) is 7.26. The van der Waals surface area contributed by atoms with Crippen LogP contribution in [-0.4, -0.2) is 21.9 Å². The van der Waals surface area contributed by atoms with Crippen LogP contribution in [0.3, 0.4) is 0 Å². The molecule has 2 heterocycles. The summed E-state index contributed by atoms with van der Waals surface area (Å²) in [5.41, 5.74) is 3.30. The highest BCUT2D eigenvalue weighted by Crippen LogP contribution is 2.20. The summed E-state index contributed by atoms with van der Waals surface area (Å²) in [6.07, 6.45) is 1.76. The van der Waals surface area contributed by atoms with E-state index < -0.39 is 0 Å². The average Bonchev–Trinajstić information content (AvgIpc) is 2.68. The van der Waals surface area contributed by atoms with E-state index in [9.17, 15) is 4.79 Å². The first kappa shape index (κ1) is 15.1. The predicted octanol–water partition coefficient (Wildman–Crippen LogP) is 3.36. The van der Waals surface area contributed by atoms with Gasteiger partial charge in [0.25, 0.3) is 5.56 Å². The lowest BCUT2D eigenvalue weighted by Gasteiger charge is -2.21. The zero-order valence-corrected chi connectivity index (χ0v) is 13.7. The number of nitrogens with zero attached hydrogens (tertiary/aromatic N) is 4. The van der Waals surface area contributed by atoms with E-state index in [2.05, 4.69) is 10.1 Å². The van der Waals surface area contributed by atoms with Crippen molar-refractivity contribution < 1.29 is 0 Å². The van der Waals surface area contributed by atoms with E-state index in [1.54, 1.807) is 17.3 Å². The molecule has 0 N–H and O–H groups in total. The van der Waals surface area contributed by atoms with Crippen molar-refractivity contribution in [3.63, 3.8) is 0 Å². The molecule has 25 heavy (non-hydrogen) atoms. The fourth-order valence-electron chi connectivity index (χ4n) is 2.75. The van der Waals surface area contributed by atoms with Crippen molar-refractivity contribution in [3.8, 4) is 11.3 Å². The van der Waals surface area contributed by atoms with Crippen LogP contribution in [0.4, 0.5) is 5.69 Å². The zero-order valence-electron chi connectivity index (χ0n) is 13.7. The maximum Gasteiger partial charge on any atom is 0.286 e. The second-order valence-electron chi connectivity index (χ2n) is 5.72. The molecular weight excluding hydrogens is 312 g/mol. The molecule has 122 valence electrons. The Labute approximate surface area is 144 Å². The molecule has 0 atom stereocenters. The molecule has 0 saturated carbocycles. The summed E-state index contributed by atoms with van der Waals surface area (Å²) in [4.78, 5) is 18.0. The second-order valence-corrected chi connectivity index (χ2v) is 5.72. The summed E-state index contributed by atoms with van der Waals surface area (Å²) in [5.74, 6) is 0. The van der Waals surface area contributed by atoms with Gasteiger partial charge in [0.15, 0.2) is 0 Å². The Morgan fingerprint density at radius 2 is 1.76 bits per heavy atom. The van der Waals surface area contributed by atoms with Crippen molar-refractivity contribution in [2.75, 3.05) is 12.1 Å². The van der Waals surface area contributed by atoms with Crippen LogP contribution in [-0.2, 0) is 0 Å². The Morgan fingerprint density at radius 1 is 0.920 bits per heavy atom. The molecule has 0 bridgehead atoms. The van der Waals surface area contributed by atoms with Crippen LogP contribution < -0.4 is 10.6 Å². The van der Waals surface area contributed by atoms with Gasteiger partial charge in [-0.1, -0.05) is 36.4 Å². The molecule has 0 aliphatic rings. The van der Waals surface area contributed by atoms with E-state index in [0.29, 0.717) is 0 Å². The van der Waals surface area contributed by atoms with Gasteiger partial charge in [-0.25, -0.2) is 0 Å². The highest BCUT2D eigenvalue weighted by atomic mass is 16.1.